The third-order valence-electron chi connectivity index (χ3n) is 4.00. The van der Waals surface area contributed by atoms with Crippen LogP contribution in [0.4, 0.5) is 5.69 Å². The molecule has 0 unspecified atom stereocenters. The van der Waals surface area contributed by atoms with Crippen molar-refractivity contribution in [3.8, 4) is 0 Å². The molecule has 128 valence electrons. The maximum Gasteiger partial charge on any atom is 0.340 e. The Morgan fingerprint density at radius 1 is 1.25 bits per heavy atom. The molecule has 1 aliphatic rings. The molecule has 5 heteroatoms. The van der Waals surface area contributed by atoms with E-state index in [4.69, 9.17) is 4.74 Å². The van der Waals surface area contributed by atoms with Crippen molar-refractivity contribution in [2.45, 2.75) is 40.2 Å². The Balaban J connectivity index is 2.64. The molecule has 5 nitrogen and oxygen atoms in total. The van der Waals surface area contributed by atoms with Gasteiger partial charge in [-0.05, 0) is 46.8 Å². The zero-order chi connectivity index (χ0) is 18.1. The van der Waals surface area contributed by atoms with E-state index in [1.165, 1.54) is 13.0 Å². The van der Waals surface area contributed by atoms with Crippen LogP contribution in [0.5, 0.6) is 0 Å². The number of aryl methyl sites for hydroxylation is 1. The normalized spacial score (nSPS) is 18.2. The van der Waals surface area contributed by atoms with E-state index in [2.05, 4.69) is 0 Å². The van der Waals surface area contributed by atoms with Crippen molar-refractivity contribution in [3.05, 3.63) is 52.9 Å². The average Bonchev–Trinajstić information content (AvgIpc) is 2.66. The molecule has 0 aromatic heterocycles. The van der Waals surface area contributed by atoms with Crippen LogP contribution in [0.1, 0.15) is 33.3 Å². The van der Waals surface area contributed by atoms with Crippen molar-refractivity contribution >= 4 is 17.4 Å². The molecule has 2 rings (SSSR count). The van der Waals surface area contributed by atoms with E-state index in [9.17, 15) is 14.7 Å². The molecule has 0 spiro atoms. The smallest absolute Gasteiger partial charge is 0.340 e. The first-order chi connectivity index (χ1) is 11.2. The highest BCUT2D eigenvalue weighted by molar-refractivity contribution is 5.98. The van der Waals surface area contributed by atoms with Crippen molar-refractivity contribution in [2.24, 2.45) is 0 Å². The maximum atomic E-state index is 12.4. The number of carbonyl (C=O) groups excluding carboxylic acids is 2. The minimum Gasteiger partial charge on any atom is -0.505 e. The van der Waals surface area contributed by atoms with Gasteiger partial charge in [0.25, 0.3) is 0 Å². The fourth-order valence-electron chi connectivity index (χ4n) is 2.97. The van der Waals surface area contributed by atoms with Crippen LogP contribution in [-0.2, 0) is 14.3 Å². The minimum atomic E-state index is -0.854. The number of carbonyl (C=O) groups is 2. The van der Waals surface area contributed by atoms with Crippen molar-refractivity contribution in [2.75, 3.05) is 11.5 Å². The van der Waals surface area contributed by atoms with Gasteiger partial charge in [-0.25, -0.2) is 4.79 Å². The van der Waals surface area contributed by atoms with Gasteiger partial charge in [0.05, 0.1) is 17.8 Å². The number of hydrogen-bond acceptors (Lipinski definition) is 5. The van der Waals surface area contributed by atoms with Crippen LogP contribution in [0.3, 0.4) is 0 Å². The summed E-state index contributed by atoms with van der Waals surface area (Å²) in [5.41, 5.74) is 1.48. The highest BCUT2D eigenvalue weighted by atomic mass is 16.5. The standard InChI is InChI=1S/C19H23NO4/c1-6-24-18(23)16-17(22)15(11-13(3)21)20(19(16,4)5)14-9-7-12(2)8-10-14/h7-11,22H,6H2,1-5H3/b15-11+. The van der Waals surface area contributed by atoms with Crippen molar-refractivity contribution in [3.63, 3.8) is 0 Å². The number of anilines is 1. The summed E-state index contributed by atoms with van der Waals surface area (Å²) in [6, 6.07) is 7.67. The predicted octanol–water partition coefficient (Wildman–Crippen LogP) is 3.44. The number of benzene rings is 1. The lowest BCUT2D eigenvalue weighted by molar-refractivity contribution is -0.139. The molecule has 0 atom stereocenters. The van der Waals surface area contributed by atoms with Gasteiger partial charge in [0.1, 0.15) is 5.57 Å². The first-order valence-electron chi connectivity index (χ1n) is 7.90. The number of allylic oxidation sites excluding steroid dienone is 1. The highest BCUT2D eigenvalue weighted by Crippen LogP contribution is 2.44. The van der Waals surface area contributed by atoms with E-state index in [0.717, 1.165) is 11.3 Å². The molecular weight excluding hydrogens is 306 g/mol. The van der Waals surface area contributed by atoms with Crippen LogP contribution in [0.15, 0.2) is 47.4 Å². The minimum absolute atomic E-state index is 0.150. The van der Waals surface area contributed by atoms with Gasteiger partial charge in [0.2, 0.25) is 0 Å². The lowest BCUT2D eigenvalue weighted by atomic mass is 9.94. The van der Waals surface area contributed by atoms with Crippen LogP contribution < -0.4 is 4.90 Å². The van der Waals surface area contributed by atoms with Crippen LogP contribution in [0.25, 0.3) is 0 Å². The topological polar surface area (TPSA) is 66.8 Å². The molecule has 0 amide bonds. The monoisotopic (exact) mass is 329 g/mol. The van der Waals surface area contributed by atoms with Crippen molar-refractivity contribution < 1.29 is 19.4 Å². The predicted molar refractivity (Wildman–Crippen MR) is 92.8 cm³/mol. The molecule has 0 saturated heterocycles. The lowest BCUT2D eigenvalue weighted by Gasteiger charge is -2.35. The Morgan fingerprint density at radius 3 is 2.33 bits per heavy atom. The fourth-order valence-corrected chi connectivity index (χ4v) is 2.97. The molecule has 0 saturated carbocycles. The summed E-state index contributed by atoms with van der Waals surface area (Å²) in [6.07, 6.45) is 1.34. The van der Waals surface area contributed by atoms with Gasteiger partial charge in [-0.1, -0.05) is 17.7 Å². The van der Waals surface area contributed by atoms with Gasteiger partial charge in [-0.15, -0.1) is 0 Å². The first kappa shape index (κ1) is 17.8. The summed E-state index contributed by atoms with van der Waals surface area (Å²) in [4.78, 5) is 25.8. The second-order valence-corrected chi connectivity index (χ2v) is 6.31. The number of nitrogens with zero attached hydrogens (tertiary/aromatic N) is 1. The molecule has 0 aliphatic carbocycles. The Labute approximate surface area is 142 Å². The molecule has 1 aromatic carbocycles. The Hall–Kier alpha value is -2.56. The molecule has 0 fully saturated rings. The number of esters is 1. The molecule has 1 aliphatic heterocycles. The number of rotatable bonds is 4. The van der Waals surface area contributed by atoms with Crippen molar-refractivity contribution in [1.82, 2.24) is 0 Å². The lowest BCUT2D eigenvalue weighted by Crippen LogP contribution is -2.42. The van der Waals surface area contributed by atoms with Crippen LogP contribution in [0, 0.1) is 6.92 Å². The van der Waals surface area contributed by atoms with E-state index in [-0.39, 0.29) is 23.7 Å². The third kappa shape index (κ3) is 3.07. The van der Waals surface area contributed by atoms with E-state index >= 15 is 0 Å². The van der Waals surface area contributed by atoms with Gasteiger partial charge in [0, 0.05) is 11.8 Å². The van der Waals surface area contributed by atoms with Gasteiger partial charge in [0.15, 0.2) is 11.5 Å². The fraction of sp³-hybridized carbons (Fsp3) is 0.368. The van der Waals surface area contributed by atoms with Crippen LogP contribution in [0.2, 0.25) is 0 Å². The molecule has 24 heavy (non-hydrogen) atoms. The van der Waals surface area contributed by atoms with Crippen LogP contribution in [-0.4, -0.2) is 29.0 Å². The zero-order valence-electron chi connectivity index (χ0n) is 14.7. The molecule has 1 heterocycles. The molecule has 1 N–H and O–H groups in total. The summed E-state index contributed by atoms with van der Waals surface area (Å²) in [5, 5.41) is 10.6. The number of ether oxygens (including phenoxy) is 1. The number of hydrogen-bond donors (Lipinski definition) is 1. The molecule has 0 radical (unpaired) electrons. The van der Waals surface area contributed by atoms with Crippen LogP contribution >= 0.6 is 0 Å². The average molecular weight is 329 g/mol. The SMILES string of the molecule is CCOC(=O)C1=C(O)/C(=C\C(C)=O)N(c2ccc(C)cc2)C1(C)C. The van der Waals surface area contributed by atoms with Gasteiger partial charge in [-0.3, -0.25) is 4.79 Å². The van der Waals surface area contributed by atoms with E-state index in [1.807, 2.05) is 45.0 Å². The molecule has 1 aromatic rings. The third-order valence-corrected chi connectivity index (χ3v) is 4.00. The Morgan fingerprint density at radius 2 is 1.83 bits per heavy atom. The summed E-state index contributed by atoms with van der Waals surface area (Å²) in [7, 11) is 0. The Bertz CT molecular complexity index is 726. The number of aliphatic hydroxyl groups is 1. The van der Waals surface area contributed by atoms with E-state index in [1.54, 1.807) is 11.8 Å². The number of ketones is 1. The second kappa shape index (κ2) is 6.51. The van der Waals surface area contributed by atoms with Gasteiger partial charge in [-0.2, -0.15) is 0 Å². The largest absolute Gasteiger partial charge is 0.505 e. The summed E-state index contributed by atoms with van der Waals surface area (Å²) >= 11 is 0. The summed E-state index contributed by atoms with van der Waals surface area (Å²) in [6.45, 7) is 8.93. The summed E-state index contributed by atoms with van der Waals surface area (Å²) < 4.78 is 5.09. The first-order valence-corrected chi connectivity index (χ1v) is 7.90. The highest BCUT2D eigenvalue weighted by Gasteiger charge is 2.47. The quantitative estimate of drug-likeness (QED) is 0.677. The number of aliphatic hydroxyl groups excluding tert-OH is 1. The van der Waals surface area contributed by atoms with E-state index in [0.29, 0.717) is 5.70 Å². The maximum absolute atomic E-state index is 12.4. The second-order valence-electron chi connectivity index (χ2n) is 6.31. The van der Waals surface area contributed by atoms with E-state index < -0.39 is 11.5 Å². The molecular formula is C19H23NO4. The summed E-state index contributed by atoms with van der Waals surface area (Å²) in [5.74, 6) is -1.01. The Kier molecular flexibility index (Phi) is 4.83. The van der Waals surface area contributed by atoms with Gasteiger partial charge < -0.3 is 14.7 Å². The van der Waals surface area contributed by atoms with Gasteiger partial charge >= 0.3 is 5.97 Å². The van der Waals surface area contributed by atoms with Crippen molar-refractivity contribution in [1.29, 1.82) is 0 Å². The zero-order valence-corrected chi connectivity index (χ0v) is 14.7. The molecule has 0 bridgehead atoms.